The fourth-order valence-electron chi connectivity index (χ4n) is 1.03. The molecule has 0 spiro atoms. The number of carboxylic acid groups (broad SMARTS) is 1. The van der Waals surface area contributed by atoms with E-state index in [-0.39, 0.29) is 16.8 Å². The topological polar surface area (TPSA) is 120 Å². The van der Waals surface area contributed by atoms with Crippen LogP contribution in [0.5, 0.6) is 0 Å². The van der Waals surface area contributed by atoms with Crippen LogP contribution in [0.25, 0.3) is 5.82 Å². The molecular formula is C7H5ClN6O2. The minimum Gasteiger partial charge on any atom is -0.476 e. The molecule has 2 rings (SSSR count). The number of aromatic carboxylic acids is 1. The fourth-order valence-corrected chi connectivity index (χ4v) is 1.23. The van der Waals surface area contributed by atoms with Crippen LogP contribution in [0.1, 0.15) is 10.5 Å². The molecule has 9 heteroatoms. The van der Waals surface area contributed by atoms with E-state index in [0.29, 0.717) is 0 Å². The number of carbonyl (C=O) groups is 1. The molecule has 2 aromatic heterocycles. The molecule has 0 unspecified atom stereocenters. The number of carboxylic acids is 1. The summed E-state index contributed by atoms with van der Waals surface area (Å²) in [6.45, 7) is 0. The standard InChI is InChI=1S/C7H5ClN6O2/c8-4-6(14-10-1-2-11-14)13-5(9)3(12-4)7(15)16/h1-2H,(H2,9,13)(H,15,16). The molecule has 0 fully saturated rings. The monoisotopic (exact) mass is 240 g/mol. The molecule has 0 aliphatic carbocycles. The number of anilines is 1. The van der Waals surface area contributed by atoms with Gasteiger partial charge in [0.05, 0.1) is 12.4 Å². The highest BCUT2D eigenvalue weighted by atomic mass is 35.5. The van der Waals surface area contributed by atoms with Gasteiger partial charge in [-0.3, -0.25) is 0 Å². The maximum absolute atomic E-state index is 10.7. The summed E-state index contributed by atoms with van der Waals surface area (Å²) in [7, 11) is 0. The van der Waals surface area contributed by atoms with Gasteiger partial charge in [-0.1, -0.05) is 11.6 Å². The molecule has 0 amide bonds. The van der Waals surface area contributed by atoms with Crippen LogP contribution in [-0.2, 0) is 0 Å². The molecule has 8 nitrogen and oxygen atoms in total. The second kappa shape index (κ2) is 3.74. The number of nitrogen functional groups attached to an aromatic ring is 1. The highest BCUT2D eigenvalue weighted by molar-refractivity contribution is 6.31. The fraction of sp³-hybridized carbons (Fsp3) is 0. The molecule has 2 aromatic rings. The van der Waals surface area contributed by atoms with Crippen LogP contribution >= 0.6 is 11.6 Å². The Morgan fingerprint density at radius 3 is 2.56 bits per heavy atom. The van der Waals surface area contributed by atoms with E-state index in [9.17, 15) is 4.79 Å². The van der Waals surface area contributed by atoms with E-state index in [4.69, 9.17) is 22.4 Å². The zero-order chi connectivity index (χ0) is 11.7. The van der Waals surface area contributed by atoms with Crippen molar-refractivity contribution in [2.24, 2.45) is 0 Å². The molecule has 0 aliphatic heterocycles. The minimum atomic E-state index is -1.30. The number of nitrogens with zero attached hydrogens (tertiary/aromatic N) is 5. The Bertz CT molecular complexity index is 540. The second-order valence-corrected chi connectivity index (χ2v) is 3.05. The lowest BCUT2D eigenvalue weighted by Crippen LogP contribution is -2.12. The van der Waals surface area contributed by atoms with Crippen LogP contribution in [0.4, 0.5) is 5.82 Å². The van der Waals surface area contributed by atoms with Crippen molar-refractivity contribution in [3.63, 3.8) is 0 Å². The normalized spacial score (nSPS) is 10.3. The van der Waals surface area contributed by atoms with Crippen molar-refractivity contribution >= 4 is 23.4 Å². The maximum Gasteiger partial charge on any atom is 0.358 e. The zero-order valence-electron chi connectivity index (χ0n) is 7.70. The third kappa shape index (κ3) is 1.65. The molecule has 0 aromatic carbocycles. The molecule has 2 heterocycles. The van der Waals surface area contributed by atoms with Crippen molar-refractivity contribution in [3.8, 4) is 5.82 Å². The average Bonchev–Trinajstić information content (AvgIpc) is 2.73. The van der Waals surface area contributed by atoms with Gasteiger partial charge < -0.3 is 10.8 Å². The third-order valence-electron chi connectivity index (χ3n) is 1.67. The lowest BCUT2D eigenvalue weighted by Gasteiger charge is -2.04. The third-order valence-corrected chi connectivity index (χ3v) is 1.93. The Balaban J connectivity index is 2.59. The second-order valence-electron chi connectivity index (χ2n) is 2.70. The first-order valence-electron chi connectivity index (χ1n) is 4.02. The largest absolute Gasteiger partial charge is 0.476 e. The molecule has 0 saturated heterocycles. The van der Waals surface area contributed by atoms with Crippen LogP contribution in [0, 0.1) is 0 Å². The molecular weight excluding hydrogens is 236 g/mol. The van der Waals surface area contributed by atoms with Crippen molar-refractivity contribution in [1.82, 2.24) is 25.0 Å². The van der Waals surface area contributed by atoms with Gasteiger partial charge >= 0.3 is 5.97 Å². The van der Waals surface area contributed by atoms with Crippen molar-refractivity contribution in [1.29, 1.82) is 0 Å². The van der Waals surface area contributed by atoms with E-state index in [0.717, 1.165) is 4.80 Å². The molecule has 0 bridgehead atoms. The molecule has 0 aliphatic rings. The number of hydrogen-bond acceptors (Lipinski definition) is 6. The average molecular weight is 241 g/mol. The van der Waals surface area contributed by atoms with Gasteiger partial charge in [-0.2, -0.15) is 10.2 Å². The van der Waals surface area contributed by atoms with E-state index >= 15 is 0 Å². The summed E-state index contributed by atoms with van der Waals surface area (Å²) in [6.07, 6.45) is 2.83. The van der Waals surface area contributed by atoms with Gasteiger partial charge in [0.1, 0.15) is 0 Å². The summed E-state index contributed by atoms with van der Waals surface area (Å²) in [4.78, 5) is 19.2. The lowest BCUT2D eigenvalue weighted by atomic mass is 10.4. The van der Waals surface area contributed by atoms with Crippen LogP contribution in [0.15, 0.2) is 12.4 Å². The molecule has 16 heavy (non-hydrogen) atoms. The van der Waals surface area contributed by atoms with Crippen LogP contribution in [-0.4, -0.2) is 36.0 Å². The molecule has 82 valence electrons. The van der Waals surface area contributed by atoms with Crippen molar-refractivity contribution in [3.05, 3.63) is 23.2 Å². The summed E-state index contributed by atoms with van der Waals surface area (Å²) >= 11 is 5.74. The Morgan fingerprint density at radius 1 is 1.38 bits per heavy atom. The van der Waals surface area contributed by atoms with Crippen LogP contribution in [0.3, 0.4) is 0 Å². The Morgan fingerprint density at radius 2 is 2.00 bits per heavy atom. The van der Waals surface area contributed by atoms with E-state index in [1.54, 1.807) is 0 Å². The van der Waals surface area contributed by atoms with Crippen LogP contribution in [0.2, 0.25) is 5.15 Å². The summed E-state index contributed by atoms with van der Waals surface area (Å²) in [5, 5.41) is 16.2. The first kappa shape index (κ1) is 10.3. The molecule has 0 atom stereocenters. The van der Waals surface area contributed by atoms with E-state index in [1.807, 2.05) is 0 Å². The SMILES string of the molecule is Nc1nc(-n2nccn2)c(Cl)nc1C(=O)O. The van der Waals surface area contributed by atoms with Crippen molar-refractivity contribution < 1.29 is 9.90 Å². The smallest absolute Gasteiger partial charge is 0.358 e. The number of aromatic nitrogens is 5. The van der Waals surface area contributed by atoms with Gasteiger partial charge in [0.2, 0.25) is 5.82 Å². The van der Waals surface area contributed by atoms with Gasteiger partial charge in [0.25, 0.3) is 0 Å². The Kier molecular flexibility index (Phi) is 2.41. The number of halogens is 1. The predicted molar refractivity (Wildman–Crippen MR) is 53.3 cm³/mol. The van der Waals surface area contributed by atoms with Gasteiger partial charge in [-0.05, 0) is 0 Å². The Labute approximate surface area is 93.7 Å². The van der Waals surface area contributed by atoms with Crippen LogP contribution < -0.4 is 5.73 Å². The Hall–Kier alpha value is -2.22. The quantitative estimate of drug-likeness (QED) is 0.757. The number of nitrogens with two attached hydrogens (primary N) is 1. The van der Waals surface area contributed by atoms with Crippen molar-refractivity contribution in [2.75, 3.05) is 5.73 Å². The van der Waals surface area contributed by atoms with E-state index < -0.39 is 11.7 Å². The summed E-state index contributed by atoms with van der Waals surface area (Å²) in [5.41, 5.74) is 5.01. The summed E-state index contributed by atoms with van der Waals surface area (Å²) < 4.78 is 0. The first-order valence-corrected chi connectivity index (χ1v) is 4.40. The maximum atomic E-state index is 10.7. The molecule has 0 saturated carbocycles. The summed E-state index contributed by atoms with van der Waals surface area (Å²) in [6, 6.07) is 0. The number of hydrogen-bond donors (Lipinski definition) is 2. The predicted octanol–water partition coefficient (Wildman–Crippen LogP) is -0.00890. The van der Waals surface area contributed by atoms with Gasteiger partial charge in [0.15, 0.2) is 16.7 Å². The van der Waals surface area contributed by atoms with Gasteiger partial charge in [-0.15, -0.1) is 4.80 Å². The highest BCUT2D eigenvalue weighted by Gasteiger charge is 2.17. The lowest BCUT2D eigenvalue weighted by molar-refractivity contribution is 0.0691. The zero-order valence-corrected chi connectivity index (χ0v) is 8.46. The number of rotatable bonds is 2. The summed E-state index contributed by atoms with van der Waals surface area (Å²) in [5.74, 6) is -1.47. The van der Waals surface area contributed by atoms with E-state index in [1.165, 1.54) is 12.4 Å². The van der Waals surface area contributed by atoms with Gasteiger partial charge in [-0.25, -0.2) is 14.8 Å². The first-order chi connectivity index (χ1) is 7.59. The van der Waals surface area contributed by atoms with Crippen molar-refractivity contribution in [2.45, 2.75) is 0 Å². The van der Waals surface area contributed by atoms with E-state index in [2.05, 4.69) is 20.2 Å². The molecule has 3 N–H and O–H groups in total. The highest BCUT2D eigenvalue weighted by Crippen LogP contribution is 2.17. The van der Waals surface area contributed by atoms with Gasteiger partial charge in [0, 0.05) is 0 Å². The minimum absolute atomic E-state index is 0.0779. The molecule has 0 radical (unpaired) electrons.